The number of quaternary nitrogens is 1. The molecular weight excluding hydrogens is 329 g/mol. The Balaban J connectivity index is 2.18. The molecule has 24 heavy (non-hydrogen) atoms. The lowest BCUT2D eigenvalue weighted by molar-refractivity contribution is 0.115. The second kappa shape index (κ2) is 5.44. The van der Waals surface area contributed by atoms with Gasteiger partial charge in [0.2, 0.25) is 41.5 Å². The zero-order valence-corrected chi connectivity index (χ0v) is 13.3. The standard InChI is InChI=1S/C17H15F5NO/c1-8-4-9(2)17-10(5-8)6-23(3,7-24-17)16-14(21)12(19)11(18)13(20)15(16)22/h4-5H,6-7H2,1-3H3/q+1/t23-/m1/s1. The van der Waals surface area contributed by atoms with Gasteiger partial charge in [-0.25, -0.2) is 13.2 Å². The molecule has 0 saturated carbocycles. The van der Waals surface area contributed by atoms with Gasteiger partial charge in [0, 0.05) is 5.56 Å². The number of ether oxygens (including phenoxy) is 1. The monoisotopic (exact) mass is 344 g/mol. The van der Waals surface area contributed by atoms with Gasteiger partial charge in [0.15, 0.2) is 0 Å². The fourth-order valence-electron chi connectivity index (χ4n) is 3.21. The molecule has 128 valence electrons. The second-order valence-electron chi connectivity index (χ2n) is 6.32. The molecule has 0 amide bonds. The van der Waals surface area contributed by atoms with Crippen LogP contribution in [-0.4, -0.2) is 13.8 Å². The predicted octanol–water partition coefficient (Wildman–Crippen LogP) is 4.49. The SMILES string of the molecule is Cc1cc(C)c2c(c1)C[N@@+](C)(c1c(F)c(F)c(F)c(F)c1F)CO2. The van der Waals surface area contributed by atoms with Crippen LogP contribution < -0.4 is 9.22 Å². The summed E-state index contributed by atoms with van der Waals surface area (Å²) in [7, 11) is 1.37. The molecule has 0 unspecified atom stereocenters. The summed E-state index contributed by atoms with van der Waals surface area (Å²) >= 11 is 0. The van der Waals surface area contributed by atoms with E-state index in [9.17, 15) is 22.0 Å². The molecule has 1 aliphatic heterocycles. The number of hydrogen-bond acceptors (Lipinski definition) is 1. The van der Waals surface area contributed by atoms with Crippen molar-refractivity contribution < 1.29 is 26.7 Å². The minimum atomic E-state index is -2.16. The first kappa shape index (κ1) is 16.7. The number of hydrogen-bond donors (Lipinski definition) is 0. The van der Waals surface area contributed by atoms with Crippen LogP contribution in [0, 0.1) is 42.9 Å². The molecule has 1 aliphatic rings. The molecule has 2 nitrogen and oxygen atoms in total. The lowest BCUT2D eigenvalue weighted by atomic mass is 10.0. The zero-order valence-electron chi connectivity index (χ0n) is 13.3. The molecule has 2 aromatic carbocycles. The van der Waals surface area contributed by atoms with E-state index in [1.54, 1.807) is 6.07 Å². The number of halogens is 5. The van der Waals surface area contributed by atoms with Crippen LogP contribution in [0.2, 0.25) is 0 Å². The number of nitrogens with zero attached hydrogens (tertiary/aromatic N) is 1. The Labute approximate surface area is 135 Å². The van der Waals surface area contributed by atoms with Gasteiger partial charge >= 0.3 is 0 Å². The molecule has 7 heteroatoms. The fourth-order valence-corrected chi connectivity index (χ4v) is 3.21. The van der Waals surface area contributed by atoms with Crippen LogP contribution in [0.4, 0.5) is 27.6 Å². The third-order valence-corrected chi connectivity index (χ3v) is 4.24. The zero-order chi connectivity index (χ0) is 17.8. The minimum absolute atomic E-state index is 0.0518. The Morgan fingerprint density at radius 2 is 1.42 bits per heavy atom. The molecule has 0 aromatic heterocycles. The van der Waals surface area contributed by atoms with Crippen LogP contribution >= 0.6 is 0 Å². The van der Waals surface area contributed by atoms with E-state index in [-0.39, 0.29) is 13.3 Å². The maximum Gasteiger partial charge on any atom is 0.228 e. The highest BCUT2D eigenvalue weighted by molar-refractivity contribution is 5.52. The van der Waals surface area contributed by atoms with Crippen molar-refractivity contribution in [2.75, 3.05) is 13.8 Å². The average molecular weight is 344 g/mol. The van der Waals surface area contributed by atoms with Crippen LogP contribution in [0.1, 0.15) is 16.7 Å². The molecule has 2 aromatic rings. The van der Waals surface area contributed by atoms with Crippen LogP contribution in [0.5, 0.6) is 5.75 Å². The predicted molar refractivity (Wildman–Crippen MR) is 79.1 cm³/mol. The van der Waals surface area contributed by atoms with Crippen molar-refractivity contribution in [2.24, 2.45) is 0 Å². The van der Waals surface area contributed by atoms with Crippen molar-refractivity contribution in [3.8, 4) is 5.75 Å². The van der Waals surface area contributed by atoms with Crippen LogP contribution in [0.3, 0.4) is 0 Å². The summed E-state index contributed by atoms with van der Waals surface area (Å²) in [6.07, 6.45) is 0. The summed E-state index contributed by atoms with van der Waals surface area (Å²) in [5.74, 6) is -9.13. The van der Waals surface area contributed by atoms with Gasteiger partial charge in [0.25, 0.3) is 0 Å². The molecule has 0 aliphatic carbocycles. The average Bonchev–Trinajstić information content (AvgIpc) is 2.50. The molecule has 0 spiro atoms. The molecule has 0 radical (unpaired) electrons. The van der Waals surface area contributed by atoms with Gasteiger partial charge in [-0.3, -0.25) is 4.48 Å². The number of benzene rings is 2. The lowest BCUT2D eigenvalue weighted by Crippen LogP contribution is -2.51. The van der Waals surface area contributed by atoms with Gasteiger partial charge < -0.3 is 4.74 Å². The van der Waals surface area contributed by atoms with E-state index in [2.05, 4.69) is 0 Å². The fraction of sp³-hybridized carbons (Fsp3) is 0.294. The number of aryl methyl sites for hydroxylation is 2. The van der Waals surface area contributed by atoms with Crippen LogP contribution in [0.25, 0.3) is 0 Å². The first-order valence-electron chi connectivity index (χ1n) is 7.25. The van der Waals surface area contributed by atoms with E-state index in [1.165, 1.54) is 7.05 Å². The molecular formula is C17H15F5NO+. The van der Waals surface area contributed by atoms with Gasteiger partial charge in [0.05, 0.1) is 7.05 Å². The van der Waals surface area contributed by atoms with Crippen molar-refractivity contribution in [3.05, 3.63) is 57.9 Å². The molecule has 0 N–H and O–H groups in total. The number of rotatable bonds is 1. The Bertz CT molecular complexity index is 823. The summed E-state index contributed by atoms with van der Waals surface area (Å²) in [4.78, 5) is 0. The van der Waals surface area contributed by atoms with Gasteiger partial charge in [0.1, 0.15) is 12.3 Å². The van der Waals surface area contributed by atoms with E-state index < -0.39 is 39.3 Å². The smallest absolute Gasteiger partial charge is 0.228 e. The lowest BCUT2D eigenvalue weighted by Gasteiger charge is -2.38. The largest absolute Gasteiger partial charge is 0.444 e. The minimum Gasteiger partial charge on any atom is -0.444 e. The van der Waals surface area contributed by atoms with E-state index in [0.717, 1.165) is 11.1 Å². The van der Waals surface area contributed by atoms with Crippen LogP contribution in [0.15, 0.2) is 12.1 Å². The van der Waals surface area contributed by atoms with E-state index >= 15 is 0 Å². The first-order chi connectivity index (χ1) is 11.2. The van der Waals surface area contributed by atoms with E-state index in [4.69, 9.17) is 4.74 Å². The molecule has 1 atom stereocenters. The third kappa shape index (κ3) is 2.34. The van der Waals surface area contributed by atoms with E-state index in [0.29, 0.717) is 11.3 Å². The summed E-state index contributed by atoms with van der Waals surface area (Å²) < 4.78 is 73.7. The second-order valence-corrected chi connectivity index (χ2v) is 6.32. The van der Waals surface area contributed by atoms with Crippen molar-refractivity contribution in [2.45, 2.75) is 20.4 Å². The van der Waals surface area contributed by atoms with E-state index in [1.807, 2.05) is 19.9 Å². The maximum absolute atomic E-state index is 14.2. The Morgan fingerprint density at radius 3 is 2.00 bits per heavy atom. The Kier molecular flexibility index (Phi) is 3.79. The van der Waals surface area contributed by atoms with Gasteiger partial charge in [-0.1, -0.05) is 11.6 Å². The highest BCUT2D eigenvalue weighted by Crippen LogP contribution is 2.39. The highest BCUT2D eigenvalue weighted by atomic mass is 19.2. The Hall–Kier alpha value is -2.15. The van der Waals surface area contributed by atoms with Crippen molar-refractivity contribution >= 4 is 5.69 Å². The first-order valence-corrected chi connectivity index (χ1v) is 7.25. The third-order valence-electron chi connectivity index (χ3n) is 4.24. The number of fused-ring (bicyclic) bond motifs is 1. The summed E-state index contributed by atoms with van der Waals surface area (Å²) in [5, 5.41) is 0. The maximum atomic E-state index is 14.2. The van der Waals surface area contributed by atoms with Crippen LogP contribution in [-0.2, 0) is 6.54 Å². The Morgan fingerprint density at radius 1 is 0.875 bits per heavy atom. The topological polar surface area (TPSA) is 9.23 Å². The molecule has 1 heterocycles. The summed E-state index contributed by atoms with van der Waals surface area (Å²) in [6.45, 7) is 3.50. The van der Waals surface area contributed by atoms with Gasteiger partial charge in [-0.05, 0) is 25.5 Å². The highest BCUT2D eigenvalue weighted by Gasteiger charge is 2.42. The molecule has 0 bridgehead atoms. The van der Waals surface area contributed by atoms with Crippen molar-refractivity contribution in [1.29, 1.82) is 0 Å². The molecule has 0 saturated heterocycles. The van der Waals surface area contributed by atoms with Crippen molar-refractivity contribution in [3.63, 3.8) is 0 Å². The summed E-state index contributed by atoms with van der Waals surface area (Å²) in [6, 6.07) is 3.68. The summed E-state index contributed by atoms with van der Waals surface area (Å²) in [5.41, 5.74) is 1.54. The van der Waals surface area contributed by atoms with Gasteiger partial charge in [-0.2, -0.15) is 8.78 Å². The normalized spacial score (nSPS) is 19.8. The quantitative estimate of drug-likeness (QED) is 0.321. The van der Waals surface area contributed by atoms with Crippen molar-refractivity contribution in [1.82, 2.24) is 4.48 Å². The molecule has 3 rings (SSSR count). The molecule has 0 fully saturated rings. The van der Waals surface area contributed by atoms with Gasteiger partial charge in [-0.15, -0.1) is 0 Å².